The lowest BCUT2D eigenvalue weighted by Crippen LogP contribution is -2.29. The fourth-order valence-electron chi connectivity index (χ4n) is 1.98. The molecule has 0 aromatic heterocycles. The Morgan fingerprint density at radius 1 is 1.10 bits per heavy atom. The minimum atomic E-state index is 0.0345. The molecule has 0 spiro atoms. The van der Waals surface area contributed by atoms with Gasteiger partial charge in [-0.1, -0.05) is 45.9 Å². The SMILES string of the molecule is COc1ccccc1C(CNC(C)C)OCCC(C)C. The Hall–Kier alpha value is -1.06. The minimum Gasteiger partial charge on any atom is -0.496 e. The first kappa shape index (κ1) is 17.0. The first-order chi connectivity index (χ1) is 9.54. The zero-order valence-corrected chi connectivity index (χ0v) is 13.5. The molecule has 1 N–H and O–H groups in total. The van der Waals surface area contributed by atoms with Crippen LogP contribution in [0.3, 0.4) is 0 Å². The standard InChI is InChI=1S/C17H29NO2/c1-13(2)10-11-20-17(12-18-14(3)4)15-8-6-7-9-16(15)19-5/h6-9,13-14,17-18H,10-12H2,1-5H3. The Kier molecular flexibility index (Phi) is 7.63. The van der Waals surface area contributed by atoms with Crippen LogP contribution in [0, 0.1) is 5.92 Å². The highest BCUT2D eigenvalue weighted by atomic mass is 16.5. The van der Waals surface area contributed by atoms with Crippen molar-refractivity contribution in [1.29, 1.82) is 0 Å². The van der Waals surface area contributed by atoms with Gasteiger partial charge < -0.3 is 14.8 Å². The van der Waals surface area contributed by atoms with Gasteiger partial charge in [0.15, 0.2) is 0 Å². The molecule has 0 fully saturated rings. The largest absolute Gasteiger partial charge is 0.496 e. The Bertz CT molecular complexity index is 377. The van der Waals surface area contributed by atoms with Crippen molar-refractivity contribution in [2.75, 3.05) is 20.3 Å². The van der Waals surface area contributed by atoms with Crippen molar-refractivity contribution >= 4 is 0 Å². The van der Waals surface area contributed by atoms with Crippen LogP contribution in [0.25, 0.3) is 0 Å². The molecule has 1 aromatic rings. The van der Waals surface area contributed by atoms with Crippen molar-refractivity contribution in [3.63, 3.8) is 0 Å². The van der Waals surface area contributed by atoms with Crippen molar-refractivity contribution in [3.05, 3.63) is 29.8 Å². The number of hydrogen-bond donors (Lipinski definition) is 1. The van der Waals surface area contributed by atoms with E-state index in [0.717, 1.165) is 30.9 Å². The Balaban J connectivity index is 2.74. The average molecular weight is 279 g/mol. The van der Waals surface area contributed by atoms with Gasteiger partial charge in [-0.05, 0) is 18.4 Å². The van der Waals surface area contributed by atoms with Gasteiger partial charge in [0.1, 0.15) is 5.75 Å². The molecule has 0 amide bonds. The predicted molar refractivity (Wildman–Crippen MR) is 84.3 cm³/mol. The van der Waals surface area contributed by atoms with Crippen LogP contribution in [0.4, 0.5) is 0 Å². The average Bonchev–Trinajstić information content (AvgIpc) is 2.42. The molecule has 0 saturated carbocycles. The molecule has 1 unspecified atom stereocenters. The molecule has 0 heterocycles. The number of methoxy groups -OCH3 is 1. The van der Waals surface area contributed by atoms with Crippen molar-refractivity contribution in [3.8, 4) is 5.75 Å². The molecular formula is C17H29NO2. The van der Waals surface area contributed by atoms with E-state index in [1.165, 1.54) is 0 Å². The normalized spacial score (nSPS) is 12.9. The molecule has 3 nitrogen and oxygen atoms in total. The Labute approximate surface area is 123 Å². The van der Waals surface area contributed by atoms with Crippen LogP contribution in [0.15, 0.2) is 24.3 Å². The zero-order valence-electron chi connectivity index (χ0n) is 13.5. The molecule has 0 radical (unpaired) electrons. The van der Waals surface area contributed by atoms with E-state index in [0.29, 0.717) is 12.0 Å². The van der Waals surface area contributed by atoms with Crippen LogP contribution in [-0.2, 0) is 4.74 Å². The fraction of sp³-hybridized carbons (Fsp3) is 0.647. The second-order valence-electron chi connectivity index (χ2n) is 5.85. The van der Waals surface area contributed by atoms with Crippen LogP contribution in [0.2, 0.25) is 0 Å². The third-order valence-electron chi connectivity index (χ3n) is 3.21. The topological polar surface area (TPSA) is 30.5 Å². The van der Waals surface area contributed by atoms with Gasteiger partial charge in [0, 0.05) is 24.8 Å². The van der Waals surface area contributed by atoms with Gasteiger partial charge in [-0.25, -0.2) is 0 Å². The summed E-state index contributed by atoms with van der Waals surface area (Å²) in [6.07, 6.45) is 1.11. The lowest BCUT2D eigenvalue weighted by Gasteiger charge is -2.22. The Morgan fingerprint density at radius 2 is 1.80 bits per heavy atom. The fourth-order valence-corrected chi connectivity index (χ4v) is 1.98. The summed E-state index contributed by atoms with van der Waals surface area (Å²) in [5, 5.41) is 3.45. The quantitative estimate of drug-likeness (QED) is 0.746. The van der Waals surface area contributed by atoms with E-state index in [-0.39, 0.29) is 6.10 Å². The van der Waals surface area contributed by atoms with Gasteiger partial charge in [0.25, 0.3) is 0 Å². The lowest BCUT2D eigenvalue weighted by molar-refractivity contribution is 0.0430. The lowest BCUT2D eigenvalue weighted by atomic mass is 10.1. The molecule has 1 aromatic carbocycles. The van der Waals surface area contributed by atoms with E-state index in [1.54, 1.807) is 7.11 Å². The smallest absolute Gasteiger partial charge is 0.124 e. The highest BCUT2D eigenvalue weighted by Crippen LogP contribution is 2.27. The van der Waals surface area contributed by atoms with E-state index in [9.17, 15) is 0 Å². The highest BCUT2D eigenvalue weighted by molar-refractivity contribution is 5.35. The number of ether oxygens (including phenoxy) is 2. The van der Waals surface area contributed by atoms with Crippen LogP contribution in [0.5, 0.6) is 5.75 Å². The second kappa shape index (κ2) is 8.98. The summed E-state index contributed by atoms with van der Waals surface area (Å²) in [5.41, 5.74) is 1.12. The van der Waals surface area contributed by atoms with Crippen molar-refractivity contribution in [2.45, 2.75) is 46.3 Å². The van der Waals surface area contributed by atoms with Crippen LogP contribution in [-0.4, -0.2) is 26.3 Å². The number of para-hydroxylation sites is 1. The molecule has 0 aliphatic heterocycles. The predicted octanol–water partition coefficient (Wildman–Crippen LogP) is 3.80. The van der Waals surface area contributed by atoms with Crippen LogP contribution < -0.4 is 10.1 Å². The molecule has 3 heteroatoms. The summed E-state index contributed by atoms with van der Waals surface area (Å²) in [7, 11) is 1.71. The van der Waals surface area contributed by atoms with Gasteiger partial charge in [-0.3, -0.25) is 0 Å². The third-order valence-corrected chi connectivity index (χ3v) is 3.21. The molecule has 0 aliphatic rings. The van der Waals surface area contributed by atoms with Crippen LogP contribution >= 0.6 is 0 Å². The summed E-state index contributed by atoms with van der Waals surface area (Å²) in [4.78, 5) is 0. The van der Waals surface area contributed by atoms with Crippen molar-refractivity contribution < 1.29 is 9.47 Å². The minimum absolute atomic E-state index is 0.0345. The maximum absolute atomic E-state index is 6.09. The summed E-state index contributed by atoms with van der Waals surface area (Å²) < 4.78 is 11.5. The monoisotopic (exact) mass is 279 g/mol. The van der Waals surface area contributed by atoms with Gasteiger partial charge in [0.2, 0.25) is 0 Å². The molecule has 0 saturated heterocycles. The summed E-state index contributed by atoms with van der Waals surface area (Å²) in [6.45, 7) is 10.3. The zero-order chi connectivity index (χ0) is 15.0. The van der Waals surface area contributed by atoms with Crippen LogP contribution in [0.1, 0.15) is 45.8 Å². The highest BCUT2D eigenvalue weighted by Gasteiger charge is 2.16. The molecule has 1 atom stereocenters. The summed E-state index contributed by atoms with van der Waals surface area (Å²) in [6, 6.07) is 8.54. The van der Waals surface area contributed by atoms with E-state index < -0.39 is 0 Å². The van der Waals surface area contributed by atoms with E-state index in [1.807, 2.05) is 18.2 Å². The Morgan fingerprint density at radius 3 is 2.40 bits per heavy atom. The summed E-state index contributed by atoms with van der Waals surface area (Å²) >= 11 is 0. The molecule has 0 bridgehead atoms. The third kappa shape index (κ3) is 5.93. The van der Waals surface area contributed by atoms with Gasteiger partial charge >= 0.3 is 0 Å². The van der Waals surface area contributed by atoms with Gasteiger partial charge in [-0.2, -0.15) is 0 Å². The van der Waals surface area contributed by atoms with Gasteiger partial charge in [-0.15, -0.1) is 0 Å². The molecule has 1 rings (SSSR count). The van der Waals surface area contributed by atoms with E-state index >= 15 is 0 Å². The first-order valence-corrected chi connectivity index (χ1v) is 7.52. The molecule has 20 heavy (non-hydrogen) atoms. The summed E-state index contributed by atoms with van der Waals surface area (Å²) in [5.74, 6) is 1.55. The number of hydrogen-bond acceptors (Lipinski definition) is 3. The maximum Gasteiger partial charge on any atom is 0.124 e. The molecule has 0 aliphatic carbocycles. The van der Waals surface area contributed by atoms with E-state index in [2.05, 4.69) is 39.1 Å². The number of rotatable bonds is 9. The van der Waals surface area contributed by atoms with Crippen molar-refractivity contribution in [2.24, 2.45) is 5.92 Å². The van der Waals surface area contributed by atoms with E-state index in [4.69, 9.17) is 9.47 Å². The molecular weight excluding hydrogens is 250 g/mol. The molecule has 114 valence electrons. The first-order valence-electron chi connectivity index (χ1n) is 7.52. The number of benzene rings is 1. The maximum atomic E-state index is 6.09. The van der Waals surface area contributed by atoms with Gasteiger partial charge in [0.05, 0.1) is 13.2 Å². The number of nitrogens with one attached hydrogen (secondary N) is 1. The van der Waals surface area contributed by atoms with Crippen molar-refractivity contribution in [1.82, 2.24) is 5.32 Å². The second-order valence-corrected chi connectivity index (χ2v) is 5.85.